The Kier molecular flexibility index (Phi) is 3.36. The van der Waals surface area contributed by atoms with E-state index in [1.54, 1.807) is 0 Å². The molecule has 0 aliphatic carbocycles. The van der Waals surface area contributed by atoms with Crippen molar-refractivity contribution in [1.29, 1.82) is 0 Å². The molecular weight excluding hydrogens is 234 g/mol. The highest BCUT2D eigenvalue weighted by molar-refractivity contribution is 5.23. The molecule has 0 spiro atoms. The van der Waals surface area contributed by atoms with Gasteiger partial charge in [0.2, 0.25) is 0 Å². The zero-order valence-electron chi connectivity index (χ0n) is 11.4. The SMILES string of the molecule is C[C@@H]1[C@@H](c2ccccc2)O[C@H](c2ccccc2)N1C. The molecule has 0 amide bonds. The third-order valence-electron chi connectivity index (χ3n) is 3.94. The van der Waals surface area contributed by atoms with Crippen LogP contribution in [0.3, 0.4) is 0 Å². The zero-order valence-corrected chi connectivity index (χ0v) is 11.4. The predicted octanol–water partition coefficient (Wildman–Crippen LogP) is 3.78. The van der Waals surface area contributed by atoms with E-state index >= 15 is 0 Å². The summed E-state index contributed by atoms with van der Waals surface area (Å²) in [5, 5.41) is 0. The van der Waals surface area contributed by atoms with Crippen LogP contribution in [0.1, 0.15) is 30.4 Å². The Morgan fingerprint density at radius 3 is 1.95 bits per heavy atom. The summed E-state index contributed by atoms with van der Waals surface area (Å²) in [7, 11) is 2.13. The fourth-order valence-corrected chi connectivity index (χ4v) is 2.71. The van der Waals surface area contributed by atoms with E-state index in [0.29, 0.717) is 6.04 Å². The standard InChI is InChI=1S/C17H19NO/c1-13-16(14-9-5-3-6-10-14)19-17(18(13)2)15-11-7-4-8-12-15/h3-13,16-17H,1-2H3/t13-,16+,17-/m1/s1. The van der Waals surface area contributed by atoms with Crippen molar-refractivity contribution in [2.75, 3.05) is 7.05 Å². The summed E-state index contributed by atoms with van der Waals surface area (Å²) < 4.78 is 6.28. The average Bonchev–Trinajstić information content (AvgIpc) is 2.77. The minimum atomic E-state index is 0.0430. The van der Waals surface area contributed by atoms with E-state index in [2.05, 4.69) is 67.4 Å². The highest BCUT2D eigenvalue weighted by atomic mass is 16.5. The van der Waals surface area contributed by atoms with Crippen LogP contribution in [0.4, 0.5) is 0 Å². The van der Waals surface area contributed by atoms with Gasteiger partial charge in [0.05, 0.1) is 0 Å². The number of likely N-dealkylation sites (N-methyl/N-ethyl adjacent to an activating group) is 1. The molecule has 0 N–H and O–H groups in total. The molecule has 1 fully saturated rings. The van der Waals surface area contributed by atoms with Crippen molar-refractivity contribution in [2.45, 2.75) is 25.3 Å². The molecule has 0 radical (unpaired) electrons. The molecule has 2 aromatic rings. The highest BCUT2D eigenvalue weighted by Gasteiger charge is 2.38. The number of benzene rings is 2. The van der Waals surface area contributed by atoms with Crippen molar-refractivity contribution in [2.24, 2.45) is 0 Å². The van der Waals surface area contributed by atoms with Crippen LogP contribution in [-0.4, -0.2) is 18.0 Å². The molecule has 0 aromatic heterocycles. The summed E-state index contributed by atoms with van der Waals surface area (Å²) >= 11 is 0. The molecule has 0 unspecified atom stereocenters. The lowest BCUT2D eigenvalue weighted by Gasteiger charge is -2.21. The molecule has 2 heteroatoms. The Hall–Kier alpha value is -1.64. The normalized spacial score (nSPS) is 27.6. The maximum Gasteiger partial charge on any atom is 0.137 e. The minimum absolute atomic E-state index is 0.0430. The molecular formula is C17H19NO. The molecule has 2 aromatic carbocycles. The number of ether oxygens (including phenoxy) is 1. The molecule has 1 aliphatic rings. The lowest BCUT2D eigenvalue weighted by molar-refractivity contribution is 0.00560. The molecule has 2 nitrogen and oxygen atoms in total. The second kappa shape index (κ2) is 5.16. The van der Waals surface area contributed by atoms with Crippen LogP contribution in [0.25, 0.3) is 0 Å². The molecule has 98 valence electrons. The van der Waals surface area contributed by atoms with Crippen LogP contribution in [0.15, 0.2) is 60.7 Å². The van der Waals surface area contributed by atoms with Gasteiger partial charge < -0.3 is 4.74 Å². The van der Waals surface area contributed by atoms with Crippen LogP contribution < -0.4 is 0 Å². The second-order valence-electron chi connectivity index (χ2n) is 5.14. The van der Waals surface area contributed by atoms with E-state index in [1.807, 2.05) is 12.1 Å². The topological polar surface area (TPSA) is 12.5 Å². The Morgan fingerprint density at radius 2 is 1.37 bits per heavy atom. The summed E-state index contributed by atoms with van der Waals surface area (Å²) in [6, 6.07) is 21.3. The van der Waals surface area contributed by atoms with Gasteiger partial charge in [-0.15, -0.1) is 0 Å². The molecule has 3 atom stereocenters. The molecule has 1 saturated heterocycles. The van der Waals surface area contributed by atoms with Gasteiger partial charge in [-0.2, -0.15) is 0 Å². The maximum absolute atomic E-state index is 6.28. The van der Waals surface area contributed by atoms with Gasteiger partial charge in [0.25, 0.3) is 0 Å². The van der Waals surface area contributed by atoms with Crippen molar-refractivity contribution >= 4 is 0 Å². The first-order chi connectivity index (χ1) is 9.27. The fraction of sp³-hybridized carbons (Fsp3) is 0.294. The fourth-order valence-electron chi connectivity index (χ4n) is 2.71. The molecule has 19 heavy (non-hydrogen) atoms. The Bertz CT molecular complexity index is 476. The first-order valence-electron chi connectivity index (χ1n) is 6.74. The van der Waals surface area contributed by atoms with E-state index < -0.39 is 0 Å². The molecule has 0 saturated carbocycles. The van der Waals surface area contributed by atoms with Crippen LogP contribution >= 0.6 is 0 Å². The third-order valence-corrected chi connectivity index (χ3v) is 3.94. The summed E-state index contributed by atoms with van der Waals surface area (Å²) in [5.74, 6) is 0. The van der Waals surface area contributed by atoms with Crippen molar-refractivity contribution in [3.05, 3.63) is 71.8 Å². The van der Waals surface area contributed by atoms with Crippen molar-refractivity contribution in [3.63, 3.8) is 0 Å². The predicted molar refractivity (Wildman–Crippen MR) is 76.7 cm³/mol. The highest BCUT2D eigenvalue weighted by Crippen LogP contribution is 2.40. The molecule has 1 aliphatic heterocycles. The van der Waals surface area contributed by atoms with E-state index in [9.17, 15) is 0 Å². The van der Waals surface area contributed by atoms with E-state index in [-0.39, 0.29) is 12.3 Å². The van der Waals surface area contributed by atoms with Crippen LogP contribution in [-0.2, 0) is 4.74 Å². The smallest absolute Gasteiger partial charge is 0.137 e. The van der Waals surface area contributed by atoms with Crippen LogP contribution in [0.5, 0.6) is 0 Å². The molecule has 1 heterocycles. The monoisotopic (exact) mass is 253 g/mol. The lowest BCUT2D eigenvalue weighted by atomic mass is 10.0. The maximum atomic E-state index is 6.28. The van der Waals surface area contributed by atoms with Gasteiger partial charge in [0.15, 0.2) is 0 Å². The first-order valence-corrected chi connectivity index (χ1v) is 6.74. The molecule has 3 rings (SSSR count). The van der Waals surface area contributed by atoms with Gasteiger partial charge in [0.1, 0.15) is 12.3 Å². The van der Waals surface area contributed by atoms with E-state index in [4.69, 9.17) is 4.74 Å². The van der Waals surface area contributed by atoms with E-state index in [0.717, 1.165) is 0 Å². The summed E-state index contributed by atoms with van der Waals surface area (Å²) in [4.78, 5) is 2.30. The number of hydrogen-bond acceptors (Lipinski definition) is 2. The summed E-state index contributed by atoms with van der Waals surface area (Å²) in [5.41, 5.74) is 2.47. The Balaban J connectivity index is 1.88. The summed E-state index contributed by atoms with van der Waals surface area (Å²) in [6.45, 7) is 2.22. The van der Waals surface area contributed by atoms with Crippen molar-refractivity contribution < 1.29 is 4.74 Å². The first kappa shape index (κ1) is 12.4. The van der Waals surface area contributed by atoms with Gasteiger partial charge in [0, 0.05) is 6.04 Å². The quantitative estimate of drug-likeness (QED) is 0.807. The van der Waals surface area contributed by atoms with Gasteiger partial charge in [-0.05, 0) is 25.1 Å². The lowest BCUT2D eigenvalue weighted by Crippen LogP contribution is -2.27. The minimum Gasteiger partial charge on any atom is -0.349 e. The van der Waals surface area contributed by atoms with Gasteiger partial charge in [-0.3, -0.25) is 4.90 Å². The van der Waals surface area contributed by atoms with Crippen LogP contribution in [0, 0.1) is 0 Å². The van der Waals surface area contributed by atoms with Gasteiger partial charge >= 0.3 is 0 Å². The summed E-state index contributed by atoms with van der Waals surface area (Å²) in [6.07, 6.45) is 0.179. The second-order valence-corrected chi connectivity index (χ2v) is 5.14. The van der Waals surface area contributed by atoms with Crippen molar-refractivity contribution in [1.82, 2.24) is 4.90 Å². The molecule has 0 bridgehead atoms. The van der Waals surface area contributed by atoms with Gasteiger partial charge in [-0.25, -0.2) is 0 Å². The van der Waals surface area contributed by atoms with E-state index in [1.165, 1.54) is 11.1 Å². The largest absolute Gasteiger partial charge is 0.349 e. The Labute approximate surface area is 114 Å². The number of nitrogens with zero attached hydrogens (tertiary/aromatic N) is 1. The number of rotatable bonds is 2. The van der Waals surface area contributed by atoms with Crippen molar-refractivity contribution in [3.8, 4) is 0 Å². The third kappa shape index (κ3) is 2.29. The zero-order chi connectivity index (χ0) is 13.2. The Morgan fingerprint density at radius 1 is 0.842 bits per heavy atom. The number of hydrogen-bond donors (Lipinski definition) is 0. The van der Waals surface area contributed by atoms with Gasteiger partial charge in [-0.1, -0.05) is 60.7 Å². The van der Waals surface area contributed by atoms with Crippen LogP contribution in [0.2, 0.25) is 0 Å². The average molecular weight is 253 g/mol.